The molecule has 3 heteroatoms. The summed E-state index contributed by atoms with van der Waals surface area (Å²) in [5.74, 6) is 1.48. The maximum atomic E-state index is 5.71. The lowest BCUT2D eigenvalue weighted by molar-refractivity contribution is 0.333. The predicted octanol–water partition coefficient (Wildman–Crippen LogP) is 5.06. The van der Waals surface area contributed by atoms with E-state index in [1.165, 1.54) is 5.56 Å². The Morgan fingerprint density at radius 1 is 1.00 bits per heavy atom. The fourth-order valence-electron chi connectivity index (χ4n) is 1.88. The van der Waals surface area contributed by atoms with Crippen molar-refractivity contribution in [3.05, 3.63) is 58.6 Å². The van der Waals surface area contributed by atoms with Crippen LogP contribution in [0.5, 0.6) is 5.75 Å². The molecule has 0 unspecified atom stereocenters. The van der Waals surface area contributed by atoms with Crippen LogP contribution in [0, 0.1) is 0 Å². The van der Waals surface area contributed by atoms with Crippen LogP contribution in [0.25, 0.3) is 0 Å². The SMILES string of the molecule is CC(C)c1ccc(OCCNc2ccc(Br)cc2)cc1. The van der Waals surface area contributed by atoms with Crippen LogP contribution in [-0.2, 0) is 0 Å². The van der Waals surface area contributed by atoms with Crippen molar-refractivity contribution < 1.29 is 4.74 Å². The van der Waals surface area contributed by atoms with Crippen molar-refractivity contribution in [2.45, 2.75) is 19.8 Å². The summed E-state index contributed by atoms with van der Waals surface area (Å²) in [7, 11) is 0. The molecule has 2 aromatic rings. The van der Waals surface area contributed by atoms with Gasteiger partial charge in [0.15, 0.2) is 0 Å². The van der Waals surface area contributed by atoms with E-state index in [9.17, 15) is 0 Å². The van der Waals surface area contributed by atoms with Crippen molar-refractivity contribution in [2.24, 2.45) is 0 Å². The van der Waals surface area contributed by atoms with Crippen molar-refractivity contribution in [1.29, 1.82) is 0 Å². The van der Waals surface area contributed by atoms with Crippen LogP contribution in [0.15, 0.2) is 53.0 Å². The Hall–Kier alpha value is -1.48. The van der Waals surface area contributed by atoms with Gasteiger partial charge in [-0.25, -0.2) is 0 Å². The zero-order valence-corrected chi connectivity index (χ0v) is 13.5. The normalized spacial score (nSPS) is 10.6. The average molecular weight is 334 g/mol. The number of rotatable bonds is 6. The van der Waals surface area contributed by atoms with Gasteiger partial charge in [0.25, 0.3) is 0 Å². The van der Waals surface area contributed by atoms with E-state index in [4.69, 9.17) is 4.74 Å². The molecular formula is C17H20BrNO. The topological polar surface area (TPSA) is 21.3 Å². The van der Waals surface area contributed by atoms with E-state index in [1.807, 2.05) is 36.4 Å². The summed E-state index contributed by atoms with van der Waals surface area (Å²) < 4.78 is 6.80. The third-order valence-electron chi connectivity index (χ3n) is 3.09. The average Bonchev–Trinajstić information content (AvgIpc) is 2.46. The van der Waals surface area contributed by atoms with Crippen LogP contribution < -0.4 is 10.1 Å². The minimum absolute atomic E-state index is 0.558. The zero-order valence-electron chi connectivity index (χ0n) is 11.9. The number of ether oxygens (including phenoxy) is 1. The molecule has 0 aliphatic carbocycles. The summed E-state index contributed by atoms with van der Waals surface area (Å²) in [4.78, 5) is 0. The molecule has 0 amide bonds. The summed E-state index contributed by atoms with van der Waals surface area (Å²) in [6, 6.07) is 16.5. The molecule has 0 fully saturated rings. The van der Waals surface area contributed by atoms with Crippen LogP contribution in [0.1, 0.15) is 25.3 Å². The van der Waals surface area contributed by atoms with Gasteiger partial charge in [-0.15, -0.1) is 0 Å². The van der Waals surface area contributed by atoms with Crippen molar-refractivity contribution in [2.75, 3.05) is 18.5 Å². The number of hydrogen-bond donors (Lipinski definition) is 1. The summed E-state index contributed by atoms with van der Waals surface area (Å²) in [6.07, 6.45) is 0. The number of benzene rings is 2. The van der Waals surface area contributed by atoms with Gasteiger partial charge in [-0.3, -0.25) is 0 Å². The molecule has 0 saturated heterocycles. The molecule has 0 bridgehead atoms. The minimum atomic E-state index is 0.558. The van der Waals surface area contributed by atoms with Gasteiger partial charge < -0.3 is 10.1 Å². The van der Waals surface area contributed by atoms with Crippen molar-refractivity contribution in [1.82, 2.24) is 0 Å². The van der Waals surface area contributed by atoms with E-state index >= 15 is 0 Å². The summed E-state index contributed by atoms with van der Waals surface area (Å²) in [6.45, 7) is 5.82. The number of halogens is 1. The molecule has 0 atom stereocenters. The summed E-state index contributed by atoms with van der Waals surface area (Å²) in [5.41, 5.74) is 2.44. The van der Waals surface area contributed by atoms with Gasteiger partial charge in [-0.2, -0.15) is 0 Å². The van der Waals surface area contributed by atoms with Gasteiger partial charge in [0.05, 0.1) is 0 Å². The molecule has 0 spiro atoms. The lowest BCUT2D eigenvalue weighted by Gasteiger charge is -2.10. The highest BCUT2D eigenvalue weighted by atomic mass is 79.9. The minimum Gasteiger partial charge on any atom is -0.492 e. The maximum absolute atomic E-state index is 5.71. The molecule has 2 nitrogen and oxygen atoms in total. The Labute approximate surface area is 129 Å². The van der Waals surface area contributed by atoms with Crippen LogP contribution in [-0.4, -0.2) is 13.2 Å². The fourth-order valence-corrected chi connectivity index (χ4v) is 2.15. The predicted molar refractivity (Wildman–Crippen MR) is 88.7 cm³/mol. The van der Waals surface area contributed by atoms with Crippen LogP contribution >= 0.6 is 15.9 Å². The highest BCUT2D eigenvalue weighted by Gasteiger charge is 1.99. The lowest BCUT2D eigenvalue weighted by Crippen LogP contribution is -2.11. The summed E-state index contributed by atoms with van der Waals surface area (Å²) in [5, 5.41) is 3.33. The van der Waals surface area contributed by atoms with E-state index in [0.717, 1.165) is 22.5 Å². The van der Waals surface area contributed by atoms with Crippen molar-refractivity contribution in [3.63, 3.8) is 0 Å². The van der Waals surface area contributed by atoms with E-state index in [1.54, 1.807) is 0 Å². The van der Waals surface area contributed by atoms with E-state index in [0.29, 0.717) is 12.5 Å². The molecule has 0 radical (unpaired) electrons. The number of anilines is 1. The third-order valence-corrected chi connectivity index (χ3v) is 3.62. The number of nitrogens with one attached hydrogen (secondary N) is 1. The maximum Gasteiger partial charge on any atom is 0.119 e. The molecule has 106 valence electrons. The van der Waals surface area contributed by atoms with Crippen molar-refractivity contribution in [3.8, 4) is 5.75 Å². The van der Waals surface area contributed by atoms with Gasteiger partial charge >= 0.3 is 0 Å². The fraction of sp³-hybridized carbons (Fsp3) is 0.294. The Balaban J connectivity index is 1.74. The smallest absolute Gasteiger partial charge is 0.119 e. The molecule has 1 N–H and O–H groups in total. The van der Waals surface area contributed by atoms with Gasteiger partial charge in [-0.1, -0.05) is 41.9 Å². The molecule has 0 aliphatic rings. The Kier molecular flexibility index (Phi) is 5.48. The second kappa shape index (κ2) is 7.34. The van der Waals surface area contributed by atoms with E-state index < -0.39 is 0 Å². The molecule has 2 aromatic carbocycles. The molecule has 0 saturated carbocycles. The summed E-state index contributed by atoms with van der Waals surface area (Å²) >= 11 is 3.42. The van der Waals surface area contributed by atoms with E-state index in [-0.39, 0.29) is 0 Å². The highest BCUT2D eigenvalue weighted by Crippen LogP contribution is 2.18. The lowest BCUT2D eigenvalue weighted by atomic mass is 10.0. The molecule has 2 rings (SSSR count). The first-order chi connectivity index (χ1) is 9.65. The second-order valence-electron chi connectivity index (χ2n) is 5.01. The largest absolute Gasteiger partial charge is 0.492 e. The van der Waals surface area contributed by atoms with E-state index in [2.05, 4.69) is 47.2 Å². The van der Waals surface area contributed by atoms with Crippen LogP contribution in [0.2, 0.25) is 0 Å². The molecule has 0 aromatic heterocycles. The third kappa shape index (κ3) is 4.57. The first kappa shape index (κ1) is 14.9. The standard InChI is InChI=1S/C17H20BrNO/c1-13(2)14-3-9-17(10-4-14)20-12-11-19-16-7-5-15(18)6-8-16/h3-10,13,19H,11-12H2,1-2H3. The van der Waals surface area contributed by atoms with Gasteiger partial charge in [-0.05, 0) is 47.9 Å². The Bertz CT molecular complexity index is 520. The molecule has 20 heavy (non-hydrogen) atoms. The van der Waals surface area contributed by atoms with Crippen LogP contribution in [0.4, 0.5) is 5.69 Å². The first-order valence-electron chi connectivity index (χ1n) is 6.87. The van der Waals surface area contributed by atoms with Gasteiger partial charge in [0.2, 0.25) is 0 Å². The number of hydrogen-bond acceptors (Lipinski definition) is 2. The monoisotopic (exact) mass is 333 g/mol. The quantitative estimate of drug-likeness (QED) is 0.745. The van der Waals surface area contributed by atoms with Gasteiger partial charge in [0.1, 0.15) is 12.4 Å². The first-order valence-corrected chi connectivity index (χ1v) is 7.66. The Morgan fingerprint density at radius 3 is 2.25 bits per heavy atom. The molecule has 0 heterocycles. The Morgan fingerprint density at radius 2 is 1.65 bits per heavy atom. The second-order valence-corrected chi connectivity index (χ2v) is 5.92. The zero-order chi connectivity index (χ0) is 14.4. The molecule has 0 aliphatic heterocycles. The van der Waals surface area contributed by atoms with Gasteiger partial charge in [0, 0.05) is 16.7 Å². The van der Waals surface area contributed by atoms with Crippen molar-refractivity contribution >= 4 is 21.6 Å². The van der Waals surface area contributed by atoms with Crippen LogP contribution in [0.3, 0.4) is 0 Å². The highest BCUT2D eigenvalue weighted by molar-refractivity contribution is 9.10. The molecular weight excluding hydrogens is 314 g/mol.